The first-order valence-electron chi connectivity index (χ1n) is 4.59. The molecule has 1 fully saturated rings. The van der Waals surface area contributed by atoms with Gasteiger partial charge in [-0.05, 0) is 19.4 Å². The average molecular weight is 187 g/mol. The minimum absolute atomic E-state index is 0.163. The van der Waals surface area contributed by atoms with Crippen molar-refractivity contribution in [1.29, 1.82) is 0 Å². The maximum atomic E-state index is 9.22. The molecule has 0 aliphatic carbocycles. The fraction of sp³-hybridized carbons (Fsp3) is 0.875. The largest absolute Gasteiger partial charge is 0.409 e. The number of aliphatic hydroxyl groups excluding tert-OH is 1. The van der Waals surface area contributed by atoms with Crippen LogP contribution in [0.25, 0.3) is 0 Å². The molecule has 0 aromatic heterocycles. The summed E-state index contributed by atoms with van der Waals surface area (Å²) in [5, 5.41) is 20.4. The molecular weight excluding hydrogens is 170 g/mol. The number of oxime groups is 1. The number of hydrogen-bond donors (Lipinski definition) is 3. The topological polar surface area (TPSA) is 82.1 Å². The monoisotopic (exact) mass is 187 g/mol. The van der Waals surface area contributed by atoms with Crippen molar-refractivity contribution in [2.24, 2.45) is 10.9 Å². The zero-order valence-electron chi connectivity index (χ0n) is 7.69. The summed E-state index contributed by atoms with van der Waals surface area (Å²) < 4.78 is 0. The maximum absolute atomic E-state index is 9.22. The first-order chi connectivity index (χ1) is 6.22. The van der Waals surface area contributed by atoms with E-state index in [0.717, 1.165) is 32.5 Å². The lowest BCUT2D eigenvalue weighted by Crippen LogP contribution is -2.24. The van der Waals surface area contributed by atoms with Crippen LogP contribution < -0.4 is 5.73 Å². The Morgan fingerprint density at radius 2 is 2.38 bits per heavy atom. The number of amidine groups is 1. The van der Waals surface area contributed by atoms with E-state index < -0.39 is 0 Å². The van der Waals surface area contributed by atoms with E-state index in [-0.39, 0.29) is 11.9 Å². The fourth-order valence-corrected chi connectivity index (χ4v) is 1.55. The van der Waals surface area contributed by atoms with Gasteiger partial charge in [0.05, 0.1) is 6.10 Å². The molecule has 0 bridgehead atoms. The number of hydrogen-bond acceptors (Lipinski definition) is 4. The highest BCUT2D eigenvalue weighted by Gasteiger charge is 2.19. The highest BCUT2D eigenvalue weighted by molar-refractivity contribution is 5.79. The number of β-amino-alcohol motifs (C(OH)–C–C–N with tert-alkyl or cyclic N) is 1. The first kappa shape index (κ1) is 10.3. The van der Waals surface area contributed by atoms with Crippen molar-refractivity contribution in [3.8, 4) is 0 Å². The van der Waals surface area contributed by atoms with Gasteiger partial charge in [-0.3, -0.25) is 0 Å². The quantitative estimate of drug-likeness (QED) is 0.241. The number of aliphatic hydroxyl groups is 1. The molecule has 5 heteroatoms. The molecule has 1 aliphatic heterocycles. The van der Waals surface area contributed by atoms with Crippen molar-refractivity contribution in [2.75, 3.05) is 19.6 Å². The third-order valence-electron chi connectivity index (χ3n) is 2.28. The standard InChI is InChI=1S/C8H17N3O2/c9-8(10-13)2-1-4-11-5-3-7(12)6-11/h7,12-13H,1-6H2,(H2,9,10). The molecule has 1 atom stereocenters. The van der Waals surface area contributed by atoms with Crippen molar-refractivity contribution in [1.82, 2.24) is 4.90 Å². The van der Waals surface area contributed by atoms with E-state index in [1.165, 1.54) is 0 Å². The zero-order valence-corrected chi connectivity index (χ0v) is 7.69. The SMILES string of the molecule is NC(CCCN1CCC(O)C1)=NO. The lowest BCUT2D eigenvalue weighted by molar-refractivity contribution is 0.176. The number of rotatable bonds is 4. The summed E-state index contributed by atoms with van der Waals surface area (Å²) in [6, 6.07) is 0. The van der Waals surface area contributed by atoms with Crippen LogP contribution in [0.2, 0.25) is 0 Å². The highest BCUT2D eigenvalue weighted by atomic mass is 16.4. The number of nitrogens with zero attached hydrogens (tertiary/aromatic N) is 2. The Labute approximate surface area is 77.8 Å². The second-order valence-corrected chi connectivity index (χ2v) is 3.44. The lowest BCUT2D eigenvalue weighted by Gasteiger charge is -2.13. The van der Waals surface area contributed by atoms with Crippen LogP contribution in [-0.2, 0) is 0 Å². The van der Waals surface area contributed by atoms with Crippen LogP contribution in [0.15, 0.2) is 5.16 Å². The van der Waals surface area contributed by atoms with Gasteiger partial charge in [-0.2, -0.15) is 0 Å². The molecule has 1 aliphatic rings. The first-order valence-corrected chi connectivity index (χ1v) is 4.59. The molecule has 0 radical (unpaired) electrons. The Kier molecular flexibility index (Phi) is 3.98. The smallest absolute Gasteiger partial charge is 0.139 e. The van der Waals surface area contributed by atoms with Crippen LogP contribution in [0.3, 0.4) is 0 Å². The predicted octanol–water partition coefficient (Wildman–Crippen LogP) is -0.420. The van der Waals surface area contributed by atoms with Crippen LogP contribution in [-0.4, -0.2) is 46.8 Å². The minimum atomic E-state index is -0.163. The molecule has 0 amide bonds. The zero-order chi connectivity index (χ0) is 9.68. The molecule has 4 N–H and O–H groups in total. The summed E-state index contributed by atoms with van der Waals surface area (Å²) >= 11 is 0. The van der Waals surface area contributed by atoms with Crippen molar-refractivity contribution >= 4 is 5.84 Å². The molecule has 0 aromatic carbocycles. The number of likely N-dealkylation sites (tertiary alicyclic amines) is 1. The van der Waals surface area contributed by atoms with Crippen LogP contribution in [0.4, 0.5) is 0 Å². The summed E-state index contributed by atoms with van der Waals surface area (Å²) in [5.41, 5.74) is 5.32. The van der Waals surface area contributed by atoms with Gasteiger partial charge in [0.2, 0.25) is 0 Å². The molecule has 0 aromatic rings. The molecule has 1 heterocycles. The van der Waals surface area contributed by atoms with E-state index >= 15 is 0 Å². The lowest BCUT2D eigenvalue weighted by atomic mass is 10.3. The van der Waals surface area contributed by atoms with E-state index in [1.807, 2.05) is 0 Å². The Morgan fingerprint density at radius 1 is 1.62 bits per heavy atom. The Bertz CT molecular complexity index is 184. The van der Waals surface area contributed by atoms with E-state index in [2.05, 4.69) is 10.1 Å². The van der Waals surface area contributed by atoms with Gasteiger partial charge in [0.15, 0.2) is 0 Å². The fourth-order valence-electron chi connectivity index (χ4n) is 1.55. The molecule has 13 heavy (non-hydrogen) atoms. The molecule has 1 saturated heterocycles. The average Bonchev–Trinajstić information content (AvgIpc) is 2.51. The second-order valence-electron chi connectivity index (χ2n) is 3.44. The van der Waals surface area contributed by atoms with Gasteiger partial charge < -0.3 is 20.9 Å². The van der Waals surface area contributed by atoms with Crippen LogP contribution in [0, 0.1) is 0 Å². The van der Waals surface area contributed by atoms with E-state index in [4.69, 9.17) is 10.9 Å². The maximum Gasteiger partial charge on any atom is 0.139 e. The van der Waals surface area contributed by atoms with Gasteiger partial charge in [0.1, 0.15) is 5.84 Å². The summed E-state index contributed by atoms with van der Waals surface area (Å²) in [6.45, 7) is 2.63. The van der Waals surface area contributed by atoms with Crippen LogP contribution in [0.5, 0.6) is 0 Å². The van der Waals surface area contributed by atoms with Crippen molar-refractivity contribution < 1.29 is 10.3 Å². The van der Waals surface area contributed by atoms with Crippen molar-refractivity contribution in [3.05, 3.63) is 0 Å². The predicted molar refractivity (Wildman–Crippen MR) is 49.7 cm³/mol. The van der Waals surface area contributed by atoms with Crippen molar-refractivity contribution in [3.63, 3.8) is 0 Å². The molecule has 0 spiro atoms. The molecule has 76 valence electrons. The molecule has 1 rings (SSSR count). The van der Waals surface area contributed by atoms with Crippen LogP contribution in [0.1, 0.15) is 19.3 Å². The summed E-state index contributed by atoms with van der Waals surface area (Å²) in [4.78, 5) is 2.19. The highest BCUT2D eigenvalue weighted by Crippen LogP contribution is 2.09. The molecule has 1 unspecified atom stereocenters. The Balaban J connectivity index is 2.06. The van der Waals surface area contributed by atoms with Crippen LogP contribution >= 0.6 is 0 Å². The minimum Gasteiger partial charge on any atom is -0.409 e. The van der Waals surface area contributed by atoms with Gasteiger partial charge >= 0.3 is 0 Å². The van der Waals surface area contributed by atoms with E-state index in [0.29, 0.717) is 6.42 Å². The summed E-state index contributed by atoms with van der Waals surface area (Å²) in [6.07, 6.45) is 2.19. The molecular formula is C8H17N3O2. The second kappa shape index (κ2) is 5.04. The van der Waals surface area contributed by atoms with Gasteiger partial charge in [-0.25, -0.2) is 0 Å². The third-order valence-corrected chi connectivity index (χ3v) is 2.28. The van der Waals surface area contributed by atoms with Gasteiger partial charge in [0, 0.05) is 19.5 Å². The third kappa shape index (κ3) is 3.61. The Hall–Kier alpha value is -0.810. The van der Waals surface area contributed by atoms with E-state index in [1.54, 1.807) is 0 Å². The normalized spacial score (nSPS) is 25.3. The van der Waals surface area contributed by atoms with Crippen molar-refractivity contribution in [2.45, 2.75) is 25.4 Å². The summed E-state index contributed by atoms with van der Waals surface area (Å²) in [7, 11) is 0. The molecule has 0 saturated carbocycles. The van der Waals surface area contributed by atoms with Gasteiger partial charge in [-0.15, -0.1) is 0 Å². The van der Waals surface area contributed by atoms with E-state index in [9.17, 15) is 5.11 Å². The summed E-state index contributed by atoms with van der Waals surface area (Å²) in [5.74, 6) is 0.278. The Morgan fingerprint density at radius 3 is 2.92 bits per heavy atom. The van der Waals surface area contributed by atoms with Gasteiger partial charge in [0.25, 0.3) is 0 Å². The number of nitrogens with two attached hydrogens (primary N) is 1. The van der Waals surface area contributed by atoms with Gasteiger partial charge in [-0.1, -0.05) is 5.16 Å². The molecule has 5 nitrogen and oxygen atoms in total.